The summed E-state index contributed by atoms with van der Waals surface area (Å²) in [7, 11) is 2.18. The lowest BCUT2D eigenvalue weighted by Gasteiger charge is -2.29. The van der Waals surface area contributed by atoms with Crippen LogP contribution in [-0.4, -0.2) is 41.3 Å². The third kappa shape index (κ3) is 2.94. The van der Waals surface area contributed by atoms with Crippen LogP contribution in [-0.2, 0) is 6.54 Å². The number of nitrogens with zero attached hydrogens (tertiary/aromatic N) is 2. The van der Waals surface area contributed by atoms with Gasteiger partial charge in [0.1, 0.15) is 11.5 Å². The molecule has 2 N–H and O–H groups in total. The number of nitrogens with one attached hydrogen (secondary N) is 2. The number of likely N-dealkylation sites (tertiary alicyclic amines) is 1. The van der Waals surface area contributed by atoms with Crippen LogP contribution in [0, 0.1) is 6.92 Å². The first-order chi connectivity index (χ1) is 9.72. The van der Waals surface area contributed by atoms with Gasteiger partial charge in [-0.25, -0.2) is 0 Å². The fraction of sp³-hybridized carbons (Fsp3) is 0.533. The first-order valence-corrected chi connectivity index (χ1v) is 7.23. The quantitative estimate of drug-likeness (QED) is 0.897. The summed E-state index contributed by atoms with van der Waals surface area (Å²) in [5.74, 6) is 1.78. The Morgan fingerprint density at radius 1 is 1.40 bits per heavy atom. The molecule has 2 aromatic rings. The summed E-state index contributed by atoms with van der Waals surface area (Å²) in [6.07, 6.45) is 4.31. The molecule has 5 heteroatoms. The van der Waals surface area contributed by atoms with Crippen molar-refractivity contribution in [2.24, 2.45) is 0 Å². The van der Waals surface area contributed by atoms with E-state index in [1.165, 1.54) is 31.5 Å². The molecule has 0 bridgehead atoms. The average Bonchev–Trinajstić information content (AvgIpc) is 3.06. The third-order valence-corrected chi connectivity index (χ3v) is 4.00. The molecule has 0 radical (unpaired) electrons. The molecule has 2 aromatic heterocycles. The number of hydrogen-bond acceptors (Lipinski definition) is 4. The molecule has 1 aliphatic rings. The Hall–Kier alpha value is -1.59. The summed E-state index contributed by atoms with van der Waals surface area (Å²) in [4.78, 5) is 2.38. The van der Waals surface area contributed by atoms with E-state index in [2.05, 4.69) is 27.5 Å². The van der Waals surface area contributed by atoms with E-state index in [9.17, 15) is 0 Å². The van der Waals surface area contributed by atoms with Crippen LogP contribution in [0.3, 0.4) is 0 Å². The molecule has 3 heterocycles. The Labute approximate surface area is 119 Å². The van der Waals surface area contributed by atoms with E-state index in [-0.39, 0.29) is 0 Å². The zero-order valence-corrected chi connectivity index (χ0v) is 12.1. The summed E-state index contributed by atoms with van der Waals surface area (Å²) < 4.78 is 5.67. The molecule has 5 nitrogen and oxygen atoms in total. The monoisotopic (exact) mass is 274 g/mol. The maximum atomic E-state index is 5.67. The summed E-state index contributed by atoms with van der Waals surface area (Å²) in [6.45, 7) is 5.14. The predicted octanol–water partition coefficient (Wildman–Crippen LogP) is 2.16. The van der Waals surface area contributed by atoms with Crippen molar-refractivity contribution in [1.82, 2.24) is 20.4 Å². The van der Waals surface area contributed by atoms with Crippen LogP contribution in [0.25, 0.3) is 11.5 Å². The number of rotatable bonds is 4. The highest BCUT2D eigenvalue weighted by Gasteiger charge is 2.17. The highest BCUT2D eigenvalue weighted by Crippen LogP contribution is 2.23. The Balaban J connectivity index is 1.62. The van der Waals surface area contributed by atoms with Crippen LogP contribution in [0.4, 0.5) is 0 Å². The van der Waals surface area contributed by atoms with Gasteiger partial charge in [0.05, 0.1) is 6.20 Å². The molecule has 1 aliphatic heterocycles. The SMILES string of the molecule is Cc1ccc(-c2[nH]ncc2CNC2CCN(C)CC2)o1. The van der Waals surface area contributed by atoms with E-state index >= 15 is 0 Å². The molecule has 0 atom stereocenters. The molecule has 0 amide bonds. The molecule has 0 saturated carbocycles. The van der Waals surface area contributed by atoms with Crippen LogP contribution in [0.2, 0.25) is 0 Å². The number of aromatic amines is 1. The maximum absolute atomic E-state index is 5.67. The molecule has 108 valence electrons. The Bertz CT molecular complexity index is 552. The Morgan fingerprint density at radius 3 is 2.90 bits per heavy atom. The summed E-state index contributed by atoms with van der Waals surface area (Å²) in [6, 6.07) is 4.57. The molecule has 3 rings (SSSR count). The first-order valence-electron chi connectivity index (χ1n) is 7.23. The minimum absolute atomic E-state index is 0.604. The van der Waals surface area contributed by atoms with Crippen LogP contribution in [0.1, 0.15) is 24.2 Å². The fourth-order valence-corrected chi connectivity index (χ4v) is 2.69. The van der Waals surface area contributed by atoms with Crippen molar-refractivity contribution in [1.29, 1.82) is 0 Å². The Morgan fingerprint density at radius 2 is 2.20 bits per heavy atom. The standard InChI is InChI=1S/C15H22N4O/c1-11-3-4-14(20-11)15-12(10-17-18-15)9-16-13-5-7-19(2)8-6-13/h3-4,10,13,16H,5-9H2,1-2H3,(H,17,18). The van der Waals surface area contributed by atoms with Gasteiger partial charge in [-0.2, -0.15) is 5.10 Å². The molecule has 0 unspecified atom stereocenters. The number of piperidine rings is 1. The van der Waals surface area contributed by atoms with E-state index in [1.54, 1.807) is 0 Å². The van der Waals surface area contributed by atoms with E-state index in [0.717, 1.165) is 23.8 Å². The van der Waals surface area contributed by atoms with Gasteiger partial charge in [0.25, 0.3) is 0 Å². The second-order valence-corrected chi connectivity index (χ2v) is 5.64. The van der Waals surface area contributed by atoms with Crippen LogP contribution in [0.5, 0.6) is 0 Å². The smallest absolute Gasteiger partial charge is 0.152 e. The van der Waals surface area contributed by atoms with Crippen molar-refractivity contribution >= 4 is 0 Å². The molecular formula is C15H22N4O. The first kappa shape index (κ1) is 13.4. The lowest BCUT2D eigenvalue weighted by Crippen LogP contribution is -2.40. The van der Waals surface area contributed by atoms with E-state index < -0.39 is 0 Å². The number of H-pyrrole nitrogens is 1. The Kier molecular flexibility index (Phi) is 3.89. The van der Waals surface area contributed by atoms with Crippen molar-refractivity contribution in [3.05, 3.63) is 29.7 Å². The highest BCUT2D eigenvalue weighted by molar-refractivity contribution is 5.56. The number of aryl methyl sites for hydroxylation is 1. The van der Waals surface area contributed by atoms with Crippen LogP contribution < -0.4 is 5.32 Å². The average molecular weight is 274 g/mol. The third-order valence-electron chi connectivity index (χ3n) is 4.00. The number of furan rings is 1. The van der Waals surface area contributed by atoms with Crippen molar-refractivity contribution in [2.45, 2.75) is 32.4 Å². The minimum atomic E-state index is 0.604. The van der Waals surface area contributed by atoms with Gasteiger partial charge in [0, 0.05) is 18.2 Å². The zero-order chi connectivity index (χ0) is 13.9. The summed E-state index contributed by atoms with van der Waals surface area (Å²) >= 11 is 0. The maximum Gasteiger partial charge on any atom is 0.152 e. The van der Waals surface area contributed by atoms with Gasteiger partial charge >= 0.3 is 0 Å². The van der Waals surface area contributed by atoms with Gasteiger partial charge < -0.3 is 14.6 Å². The van der Waals surface area contributed by atoms with Crippen molar-refractivity contribution < 1.29 is 4.42 Å². The fourth-order valence-electron chi connectivity index (χ4n) is 2.69. The second-order valence-electron chi connectivity index (χ2n) is 5.64. The molecule has 0 aliphatic carbocycles. The van der Waals surface area contributed by atoms with Gasteiger partial charge in [-0.15, -0.1) is 0 Å². The lowest BCUT2D eigenvalue weighted by atomic mass is 10.1. The van der Waals surface area contributed by atoms with Crippen molar-refractivity contribution in [3.63, 3.8) is 0 Å². The van der Waals surface area contributed by atoms with Gasteiger partial charge in [0.2, 0.25) is 0 Å². The largest absolute Gasteiger partial charge is 0.460 e. The minimum Gasteiger partial charge on any atom is -0.460 e. The zero-order valence-electron chi connectivity index (χ0n) is 12.1. The molecular weight excluding hydrogens is 252 g/mol. The van der Waals surface area contributed by atoms with Gasteiger partial charge in [-0.3, -0.25) is 5.10 Å². The topological polar surface area (TPSA) is 57.1 Å². The van der Waals surface area contributed by atoms with Gasteiger partial charge in [-0.05, 0) is 52.0 Å². The molecule has 20 heavy (non-hydrogen) atoms. The number of hydrogen-bond donors (Lipinski definition) is 2. The lowest BCUT2D eigenvalue weighted by molar-refractivity contribution is 0.234. The summed E-state index contributed by atoms with van der Waals surface area (Å²) in [5.41, 5.74) is 2.15. The van der Waals surface area contributed by atoms with Gasteiger partial charge in [0.15, 0.2) is 5.76 Å². The molecule has 0 aromatic carbocycles. The van der Waals surface area contributed by atoms with E-state index in [0.29, 0.717) is 6.04 Å². The molecule has 1 fully saturated rings. The summed E-state index contributed by atoms with van der Waals surface area (Å²) in [5, 5.41) is 10.8. The van der Waals surface area contributed by atoms with Crippen LogP contribution in [0.15, 0.2) is 22.7 Å². The van der Waals surface area contributed by atoms with Crippen LogP contribution >= 0.6 is 0 Å². The highest BCUT2D eigenvalue weighted by atomic mass is 16.3. The van der Waals surface area contributed by atoms with E-state index in [1.807, 2.05) is 25.3 Å². The molecule has 0 spiro atoms. The predicted molar refractivity (Wildman–Crippen MR) is 78.4 cm³/mol. The van der Waals surface area contributed by atoms with Crippen molar-refractivity contribution in [3.8, 4) is 11.5 Å². The van der Waals surface area contributed by atoms with E-state index in [4.69, 9.17) is 4.42 Å². The normalized spacial score (nSPS) is 17.7. The number of aromatic nitrogens is 2. The second kappa shape index (κ2) is 5.81. The van der Waals surface area contributed by atoms with Gasteiger partial charge in [-0.1, -0.05) is 0 Å². The van der Waals surface area contributed by atoms with Crippen molar-refractivity contribution in [2.75, 3.05) is 20.1 Å². The molecule has 1 saturated heterocycles.